The minimum atomic E-state index is -0.713. The van der Waals surface area contributed by atoms with Crippen LogP contribution in [0.25, 0.3) is 0 Å². The summed E-state index contributed by atoms with van der Waals surface area (Å²) in [5, 5.41) is 14.3. The largest absolute Gasteiger partial charge is 0.504 e. The molecule has 4 N–H and O–H groups in total. The molecule has 5 rings (SSSR count). The van der Waals surface area contributed by atoms with Crippen molar-refractivity contribution in [3.63, 3.8) is 0 Å². The molecule has 5 atom stereocenters. The van der Waals surface area contributed by atoms with Crippen molar-refractivity contribution < 1.29 is 29.0 Å². The Hall–Kier alpha value is -3.21. The lowest BCUT2D eigenvalue weighted by Crippen LogP contribution is -2.67. The Bertz CT molecular complexity index is 1300. The third-order valence-electron chi connectivity index (χ3n) is 8.71. The second-order valence-corrected chi connectivity index (χ2v) is 10.8. The molecule has 0 spiro atoms. The average molecular weight is 525 g/mol. The van der Waals surface area contributed by atoms with E-state index < -0.39 is 12.1 Å². The zero-order chi connectivity index (χ0) is 27.6. The zero-order valence-corrected chi connectivity index (χ0v) is 22.8. The number of hydrogen-bond donors (Lipinski definition) is 3. The smallest absolute Gasteiger partial charge is 0.236 e. The number of amides is 1. The summed E-state index contributed by atoms with van der Waals surface area (Å²) in [6, 6.07) is 0.461. The van der Waals surface area contributed by atoms with Gasteiger partial charge in [0, 0.05) is 47.5 Å². The molecular formula is C28H36N4O6. The van der Waals surface area contributed by atoms with Crippen molar-refractivity contribution in [3.8, 4) is 11.5 Å². The lowest BCUT2D eigenvalue weighted by atomic mass is 9.71. The van der Waals surface area contributed by atoms with Crippen molar-refractivity contribution in [1.82, 2.24) is 15.1 Å². The summed E-state index contributed by atoms with van der Waals surface area (Å²) in [6.07, 6.45) is 1.05. The monoisotopic (exact) mass is 524 g/mol. The van der Waals surface area contributed by atoms with Crippen molar-refractivity contribution >= 4 is 17.5 Å². The van der Waals surface area contributed by atoms with Crippen LogP contribution in [-0.2, 0) is 25.5 Å². The Balaban J connectivity index is 1.65. The van der Waals surface area contributed by atoms with Gasteiger partial charge in [-0.2, -0.15) is 0 Å². The van der Waals surface area contributed by atoms with Crippen LogP contribution in [0.15, 0.2) is 28.5 Å². The van der Waals surface area contributed by atoms with Gasteiger partial charge in [-0.3, -0.25) is 24.2 Å². The van der Waals surface area contributed by atoms with Gasteiger partial charge in [-0.15, -0.1) is 0 Å². The number of ketones is 2. The van der Waals surface area contributed by atoms with Crippen LogP contribution in [0.2, 0.25) is 0 Å². The molecule has 0 aromatic heterocycles. The van der Waals surface area contributed by atoms with Crippen LogP contribution in [0.5, 0.6) is 11.5 Å². The Kier molecular flexibility index (Phi) is 6.61. The molecule has 1 fully saturated rings. The number of fused-ring (bicyclic) bond motifs is 6. The minimum absolute atomic E-state index is 0.0493. The molecule has 1 aliphatic carbocycles. The summed E-state index contributed by atoms with van der Waals surface area (Å²) >= 11 is 0. The molecule has 0 radical (unpaired) electrons. The first-order valence-electron chi connectivity index (χ1n) is 13.0. The van der Waals surface area contributed by atoms with Crippen molar-refractivity contribution in [1.29, 1.82) is 0 Å². The van der Waals surface area contributed by atoms with E-state index in [9.17, 15) is 19.5 Å². The van der Waals surface area contributed by atoms with Gasteiger partial charge in [0.1, 0.15) is 0 Å². The van der Waals surface area contributed by atoms with Crippen molar-refractivity contribution in [2.24, 2.45) is 5.73 Å². The lowest BCUT2D eigenvalue weighted by Gasteiger charge is -2.58. The molecule has 1 amide bonds. The summed E-state index contributed by atoms with van der Waals surface area (Å²) in [7, 11) is 4.98. The summed E-state index contributed by atoms with van der Waals surface area (Å²) in [4.78, 5) is 44.2. The van der Waals surface area contributed by atoms with Crippen molar-refractivity contribution in [2.75, 3.05) is 34.4 Å². The van der Waals surface area contributed by atoms with Crippen molar-refractivity contribution in [3.05, 3.63) is 45.2 Å². The van der Waals surface area contributed by atoms with Crippen molar-refractivity contribution in [2.45, 2.75) is 63.8 Å². The molecule has 1 aromatic rings. The first-order chi connectivity index (χ1) is 18.0. The maximum atomic E-state index is 13.7. The van der Waals surface area contributed by atoms with Crippen LogP contribution in [0, 0.1) is 6.92 Å². The van der Waals surface area contributed by atoms with E-state index in [1.165, 1.54) is 7.11 Å². The minimum Gasteiger partial charge on any atom is -0.504 e. The fourth-order valence-electron chi connectivity index (χ4n) is 6.89. The fraction of sp³-hybridized carbons (Fsp3) is 0.536. The molecule has 3 heterocycles. The number of carbonyl (C=O) groups is 3. The number of ether oxygens (including phenoxy) is 2. The van der Waals surface area contributed by atoms with Gasteiger partial charge in [0.25, 0.3) is 0 Å². The topological polar surface area (TPSA) is 134 Å². The number of nitrogens with one attached hydrogen (secondary N) is 1. The van der Waals surface area contributed by atoms with E-state index in [1.807, 2.05) is 14.0 Å². The SMILES string of the molecule is COC1=C(C)C(=O)C2=C(C1=O)[C@@H](CNC(=O)[C@H](C)N)N1C[C@@H]3Cc4cc(C)c(OC)c(O)c4[C@H]([C@H]1C2)N3C. The van der Waals surface area contributed by atoms with Crippen LogP contribution in [0.4, 0.5) is 0 Å². The Labute approximate surface area is 222 Å². The number of rotatable bonds is 5. The quantitative estimate of drug-likeness (QED) is 0.480. The second kappa shape index (κ2) is 9.52. The third kappa shape index (κ3) is 3.77. The first-order valence-corrected chi connectivity index (χ1v) is 13.0. The summed E-state index contributed by atoms with van der Waals surface area (Å²) < 4.78 is 10.9. The Morgan fingerprint density at radius 3 is 2.55 bits per heavy atom. The number of aromatic hydroxyl groups is 1. The number of nitrogens with two attached hydrogens (primary N) is 1. The van der Waals surface area contributed by atoms with Crippen LogP contribution >= 0.6 is 0 Å². The lowest BCUT2D eigenvalue weighted by molar-refractivity contribution is -0.124. The van der Waals surface area contributed by atoms with Gasteiger partial charge in [0.15, 0.2) is 23.0 Å². The van der Waals surface area contributed by atoms with Gasteiger partial charge in [-0.1, -0.05) is 6.07 Å². The average Bonchev–Trinajstić information content (AvgIpc) is 2.86. The third-order valence-corrected chi connectivity index (χ3v) is 8.71. The maximum absolute atomic E-state index is 13.7. The summed E-state index contributed by atoms with van der Waals surface area (Å²) in [5.74, 6) is -0.260. The van der Waals surface area contributed by atoms with Gasteiger partial charge in [-0.25, -0.2) is 0 Å². The Morgan fingerprint density at radius 1 is 1.21 bits per heavy atom. The number of Topliss-reactive ketones (excluding diaryl/α,β-unsaturated/α-hetero) is 2. The zero-order valence-electron chi connectivity index (χ0n) is 22.8. The molecule has 1 aromatic carbocycles. The number of benzene rings is 1. The number of carbonyl (C=O) groups excluding carboxylic acids is 3. The normalized spacial score (nSPS) is 28.0. The highest BCUT2D eigenvalue weighted by Crippen LogP contribution is 2.52. The van der Waals surface area contributed by atoms with Gasteiger partial charge in [-0.05, 0) is 51.8 Å². The number of hydrogen-bond acceptors (Lipinski definition) is 9. The van der Waals surface area contributed by atoms with E-state index in [2.05, 4.69) is 21.2 Å². The van der Waals surface area contributed by atoms with Crippen LogP contribution < -0.4 is 15.8 Å². The first kappa shape index (κ1) is 26.4. The van der Waals surface area contributed by atoms with E-state index in [1.54, 1.807) is 21.0 Å². The van der Waals surface area contributed by atoms with Gasteiger partial charge >= 0.3 is 0 Å². The van der Waals surface area contributed by atoms with Gasteiger partial charge in [0.2, 0.25) is 11.7 Å². The predicted octanol–water partition coefficient (Wildman–Crippen LogP) is 0.896. The number of nitrogens with zero attached hydrogens (tertiary/aromatic N) is 2. The molecule has 2 bridgehead atoms. The summed E-state index contributed by atoms with van der Waals surface area (Å²) in [6.45, 7) is 5.89. The summed E-state index contributed by atoms with van der Waals surface area (Å²) in [5.41, 5.74) is 9.65. The number of allylic oxidation sites excluding steroid dienone is 2. The molecule has 3 aliphatic heterocycles. The van der Waals surface area contributed by atoms with Crippen LogP contribution in [0.3, 0.4) is 0 Å². The number of phenolic OH excluding ortho intramolecular Hbond substituents is 1. The molecule has 1 saturated heterocycles. The number of phenols is 1. The molecule has 38 heavy (non-hydrogen) atoms. The molecule has 0 unspecified atom stereocenters. The van der Waals surface area contributed by atoms with E-state index in [-0.39, 0.29) is 59.2 Å². The second-order valence-electron chi connectivity index (χ2n) is 10.8. The number of piperazine rings is 1. The van der Waals surface area contributed by atoms with E-state index in [0.29, 0.717) is 36.3 Å². The van der Waals surface area contributed by atoms with Crippen LogP contribution in [-0.4, -0.2) is 90.9 Å². The predicted molar refractivity (Wildman–Crippen MR) is 140 cm³/mol. The highest BCUT2D eigenvalue weighted by Gasteiger charge is 2.54. The van der Waals surface area contributed by atoms with Gasteiger partial charge < -0.3 is 25.6 Å². The number of aryl methyl sites for hydroxylation is 1. The van der Waals surface area contributed by atoms with E-state index in [0.717, 1.165) is 16.7 Å². The number of methoxy groups -OCH3 is 2. The Morgan fingerprint density at radius 2 is 1.92 bits per heavy atom. The molecular weight excluding hydrogens is 488 g/mol. The fourth-order valence-corrected chi connectivity index (χ4v) is 6.89. The van der Waals surface area contributed by atoms with Crippen LogP contribution in [0.1, 0.15) is 43.0 Å². The maximum Gasteiger partial charge on any atom is 0.236 e. The highest BCUT2D eigenvalue weighted by atomic mass is 16.5. The molecule has 10 nitrogen and oxygen atoms in total. The molecule has 10 heteroatoms. The van der Waals surface area contributed by atoms with Gasteiger partial charge in [0.05, 0.1) is 32.3 Å². The molecule has 0 saturated carbocycles. The molecule has 4 aliphatic rings. The van der Waals surface area contributed by atoms with E-state index in [4.69, 9.17) is 15.2 Å². The number of likely N-dealkylation sites (N-methyl/N-ethyl adjacent to an activating group) is 1. The van der Waals surface area contributed by atoms with E-state index >= 15 is 0 Å². The molecule has 204 valence electrons. The highest BCUT2D eigenvalue weighted by molar-refractivity contribution is 6.25. The standard InChI is InChI=1S/C28H36N4O6/c1-12-7-15-8-16-11-32-18(22(31(16)4)20(15)24(34)26(12)37-5)9-17-21(19(32)10-30-28(36)14(3)29)25(35)27(38-6)13(2)23(17)33/h7,14,16,18-19,22,34H,8-11,29H2,1-6H3,(H,30,36)/t14-,16-,18+,19+,22-/m0/s1.